The number of piperidine rings is 1. The molecule has 1 N–H and O–H groups in total. The van der Waals surface area contributed by atoms with Gasteiger partial charge in [-0.15, -0.1) is 0 Å². The van der Waals surface area contributed by atoms with Crippen molar-refractivity contribution in [1.29, 1.82) is 5.26 Å². The highest BCUT2D eigenvalue weighted by Crippen LogP contribution is 2.35. The number of aromatic nitrogens is 2. The summed E-state index contributed by atoms with van der Waals surface area (Å²) in [4.78, 5) is 23.6. The number of nitrogens with zero attached hydrogens (tertiary/aromatic N) is 5. The molecular weight excluding hydrogens is 437 g/mol. The maximum Gasteiger partial charge on any atom is 0.416 e. The monoisotopic (exact) mass is 460 g/mol. The second kappa shape index (κ2) is 8.11. The van der Waals surface area contributed by atoms with Gasteiger partial charge in [0.25, 0.3) is 0 Å². The van der Waals surface area contributed by atoms with Crippen LogP contribution >= 0.6 is 0 Å². The molecule has 2 aromatic rings. The average Bonchev–Trinajstić information content (AvgIpc) is 2.78. The van der Waals surface area contributed by atoms with E-state index in [2.05, 4.69) is 26.3 Å². The fraction of sp³-hybridized carbons (Fsp3) is 0.545. The van der Waals surface area contributed by atoms with Gasteiger partial charge in [0, 0.05) is 45.0 Å². The topological polar surface area (TPSA) is 94.4 Å². The Labute approximate surface area is 188 Å². The highest BCUT2D eigenvalue weighted by Gasteiger charge is 2.48. The normalized spacial score (nSPS) is 25.5. The van der Waals surface area contributed by atoms with Crippen LogP contribution in [0.5, 0.6) is 0 Å². The lowest BCUT2D eigenvalue weighted by Gasteiger charge is -2.49. The van der Waals surface area contributed by atoms with E-state index in [9.17, 15) is 23.2 Å². The summed E-state index contributed by atoms with van der Waals surface area (Å²) in [6.45, 7) is 1.67. The van der Waals surface area contributed by atoms with Crippen LogP contribution in [0.25, 0.3) is 11.0 Å². The van der Waals surface area contributed by atoms with Crippen molar-refractivity contribution in [3.8, 4) is 6.07 Å². The number of hydrogen-bond donors (Lipinski definition) is 1. The minimum atomic E-state index is -4.51. The standard InChI is InChI=1S/C22H23F3N6O2/c23-22(24,25)17-13-31(16-2-1-14(10-26)19-20(16)28-6-5-27-19)12-15(33-17)11-30-7-3-21(4-8-30)9-18(32)29-21/h1-2,5-6,15,17H,3-4,7-9,11-13H2,(H,29,32)/t15-,17-/m1/s1. The number of amides is 1. The summed E-state index contributed by atoms with van der Waals surface area (Å²) in [6.07, 6.45) is -2.07. The number of rotatable bonds is 3. The van der Waals surface area contributed by atoms with Gasteiger partial charge in [-0.3, -0.25) is 14.8 Å². The van der Waals surface area contributed by atoms with Crippen molar-refractivity contribution in [3.05, 3.63) is 30.1 Å². The van der Waals surface area contributed by atoms with E-state index in [-0.39, 0.29) is 24.5 Å². The zero-order chi connectivity index (χ0) is 23.2. The molecule has 1 spiro atoms. The number of hydrogen-bond acceptors (Lipinski definition) is 7. The largest absolute Gasteiger partial charge is 0.416 e. The summed E-state index contributed by atoms with van der Waals surface area (Å²) in [5.74, 6) is 0.0560. The zero-order valence-electron chi connectivity index (χ0n) is 17.8. The van der Waals surface area contributed by atoms with Crippen LogP contribution < -0.4 is 10.2 Å². The van der Waals surface area contributed by atoms with Crippen molar-refractivity contribution in [3.63, 3.8) is 0 Å². The lowest BCUT2D eigenvalue weighted by molar-refractivity contribution is -0.237. The van der Waals surface area contributed by atoms with Crippen LogP contribution in [0.1, 0.15) is 24.8 Å². The van der Waals surface area contributed by atoms with E-state index in [4.69, 9.17) is 4.74 Å². The number of carbonyl (C=O) groups excluding carboxylic acids is 1. The number of ether oxygens (including phenoxy) is 1. The summed E-state index contributed by atoms with van der Waals surface area (Å²) in [7, 11) is 0. The fourth-order valence-electron chi connectivity index (χ4n) is 5.04. The van der Waals surface area contributed by atoms with E-state index >= 15 is 0 Å². The first kappa shape index (κ1) is 21.9. The smallest absolute Gasteiger partial charge is 0.364 e. The number of β-lactam (4-membered cyclic amide) rings is 1. The van der Waals surface area contributed by atoms with Gasteiger partial charge in [0.2, 0.25) is 5.91 Å². The van der Waals surface area contributed by atoms with Crippen molar-refractivity contribution in [2.45, 2.75) is 43.2 Å². The zero-order valence-corrected chi connectivity index (χ0v) is 17.8. The Balaban J connectivity index is 1.36. The second-order valence-electron chi connectivity index (χ2n) is 9.00. The van der Waals surface area contributed by atoms with Crippen LogP contribution in [-0.4, -0.2) is 77.4 Å². The highest BCUT2D eigenvalue weighted by molar-refractivity contribution is 5.92. The van der Waals surface area contributed by atoms with Crippen molar-refractivity contribution in [1.82, 2.24) is 20.2 Å². The number of benzene rings is 1. The molecule has 0 bridgehead atoms. The third-order valence-corrected chi connectivity index (χ3v) is 6.78. The molecule has 33 heavy (non-hydrogen) atoms. The maximum absolute atomic E-state index is 13.7. The Morgan fingerprint density at radius 3 is 2.52 bits per heavy atom. The molecule has 3 aliphatic heterocycles. The van der Waals surface area contributed by atoms with Crippen LogP contribution in [0.3, 0.4) is 0 Å². The molecule has 11 heteroatoms. The highest BCUT2D eigenvalue weighted by atomic mass is 19.4. The van der Waals surface area contributed by atoms with Gasteiger partial charge in [-0.25, -0.2) is 0 Å². The van der Waals surface area contributed by atoms with Gasteiger partial charge in [-0.1, -0.05) is 0 Å². The number of alkyl halides is 3. The van der Waals surface area contributed by atoms with Crippen molar-refractivity contribution in [2.75, 3.05) is 37.6 Å². The van der Waals surface area contributed by atoms with E-state index in [1.54, 1.807) is 17.0 Å². The van der Waals surface area contributed by atoms with E-state index in [0.29, 0.717) is 48.3 Å². The van der Waals surface area contributed by atoms with Crippen LogP contribution in [0.15, 0.2) is 24.5 Å². The number of fused-ring (bicyclic) bond motifs is 1. The van der Waals surface area contributed by atoms with E-state index in [0.717, 1.165) is 12.8 Å². The van der Waals surface area contributed by atoms with Crippen LogP contribution in [0.2, 0.25) is 0 Å². The quantitative estimate of drug-likeness (QED) is 0.700. The number of likely N-dealkylation sites (tertiary alicyclic amines) is 1. The molecule has 0 saturated carbocycles. The van der Waals surface area contributed by atoms with E-state index < -0.39 is 18.4 Å². The summed E-state index contributed by atoms with van der Waals surface area (Å²) < 4.78 is 46.7. The predicted octanol–water partition coefficient (Wildman–Crippen LogP) is 1.99. The molecule has 1 amide bonds. The molecule has 8 nitrogen and oxygen atoms in total. The molecule has 174 valence electrons. The molecule has 0 aliphatic carbocycles. The first-order valence-electron chi connectivity index (χ1n) is 10.9. The van der Waals surface area contributed by atoms with Crippen molar-refractivity contribution in [2.24, 2.45) is 0 Å². The predicted molar refractivity (Wildman–Crippen MR) is 112 cm³/mol. The molecule has 1 aromatic carbocycles. The Morgan fingerprint density at radius 2 is 1.88 bits per heavy atom. The summed E-state index contributed by atoms with van der Waals surface area (Å²) in [6, 6.07) is 5.26. The Morgan fingerprint density at radius 1 is 1.18 bits per heavy atom. The molecule has 4 heterocycles. The SMILES string of the molecule is N#Cc1ccc(N2C[C@@H](CN3CCC4(CC3)CC(=O)N4)O[C@@H](C(F)(F)F)C2)c2nccnc12. The van der Waals surface area contributed by atoms with Crippen molar-refractivity contribution < 1.29 is 22.7 Å². The van der Waals surface area contributed by atoms with E-state index in [1.165, 1.54) is 12.4 Å². The van der Waals surface area contributed by atoms with Crippen LogP contribution in [0.4, 0.5) is 18.9 Å². The fourth-order valence-corrected chi connectivity index (χ4v) is 5.04. The van der Waals surface area contributed by atoms with Crippen molar-refractivity contribution >= 4 is 22.6 Å². The number of carbonyl (C=O) groups is 1. The second-order valence-corrected chi connectivity index (χ2v) is 9.00. The van der Waals surface area contributed by atoms with Gasteiger partial charge in [0.15, 0.2) is 6.10 Å². The number of halogens is 3. The Hall–Kier alpha value is -2.97. The first-order valence-corrected chi connectivity index (χ1v) is 10.9. The Bertz CT molecular complexity index is 1100. The number of anilines is 1. The molecule has 2 atom stereocenters. The van der Waals surface area contributed by atoms with Gasteiger partial charge >= 0.3 is 6.18 Å². The summed E-state index contributed by atoms with van der Waals surface area (Å²) in [5, 5.41) is 12.3. The Kier molecular flexibility index (Phi) is 5.37. The molecule has 1 aromatic heterocycles. The van der Waals surface area contributed by atoms with Gasteiger partial charge < -0.3 is 19.9 Å². The first-order chi connectivity index (χ1) is 15.8. The van der Waals surface area contributed by atoms with Crippen LogP contribution in [0, 0.1) is 11.3 Å². The number of nitriles is 1. The van der Waals surface area contributed by atoms with Crippen LogP contribution in [-0.2, 0) is 9.53 Å². The lowest BCUT2D eigenvalue weighted by Crippen LogP contribution is -2.65. The summed E-state index contributed by atoms with van der Waals surface area (Å²) in [5.41, 5.74) is 1.47. The number of morpholine rings is 1. The average molecular weight is 460 g/mol. The van der Waals surface area contributed by atoms with E-state index in [1.807, 2.05) is 0 Å². The maximum atomic E-state index is 13.7. The molecule has 0 radical (unpaired) electrons. The minimum Gasteiger partial charge on any atom is -0.364 e. The molecule has 3 aliphatic rings. The van der Waals surface area contributed by atoms with Gasteiger partial charge in [-0.05, 0) is 25.0 Å². The van der Waals surface area contributed by atoms with Gasteiger partial charge in [0.1, 0.15) is 17.1 Å². The molecule has 3 saturated heterocycles. The van der Waals surface area contributed by atoms with Gasteiger partial charge in [-0.2, -0.15) is 18.4 Å². The molecule has 0 unspecified atom stereocenters. The third kappa shape index (κ3) is 4.20. The summed E-state index contributed by atoms with van der Waals surface area (Å²) >= 11 is 0. The lowest BCUT2D eigenvalue weighted by atomic mass is 9.78. The third-order valence-electron chi connectivity index (χ3n) is 6.78. The molecular formula is C22H23F3N6O2. The number of nitrogens with one attached hydrogen (secondary N) is 1. The minimum absolute atomic E-state index is 0.0560. The molecule has 3 fully saturated rings. The molecule has 5 rings (SSSR count). The van der Waals surface area contributed by atoms with Gasteiger partial charge in [0.05, 0.1) is 29.4 Å².